The molecule has 0 spiro atoms. The van der Waals surface area contributed by atoms with Crippen molar-refractivity contribution in [2.45, 2.75) is 25.4 Å². The van der Waals surface area contributed by atoms with Crippen LogP contribution < -0.4 is 10.6 Å². The molecule has 0 aromatic carbocycles. The Balaban J connectivity index is 1.61. The Kier molecular flexibility index (Phi) is 5.70. The fourth-order valence-electron chi connectivity index (χ4n) is 2.20. The van der Waals surface area contributed by atoms with E-state index in [9.17, 15) is 14.9 Å². The molecule has 21 heavy (non-hydrogen) atoms. The highest BCUT2D eigenvalue weighted by molar-refractivity contribution is 5.93. The minimum Gasteiger partial charge on any atom is -0.378 e. The molecule has 1 aromatic rings. The van der Waals surface area contributed by atoms with Gasteiger partial charge in [0.15, 0.2) is 0 Å². The van der Waals surface area contributed by atoms with Crippen molar-refractivity contribution in [2.75, 3.05) is 26.2 Å². The summed E-state index contributed by atoms with van der Waals surface area (Å²) in [4.78, 5) is 24.3. The Morgan fingerprint density at radius 2 is 2.24 bits per heavy atom. The van der Waals surface area contributed by atoms with Crippen molar-refractivity contribution < 1.29 is 14.5 Å². The molecule has 0 radical (unpaired) electrons. The molecule has 8 heteroatoms. The van der Waals surface area contributed by atoms with Gasteiger partial charge >= 0.3 is 0 Å². The molecule has 1 fully saturated rings. The zero-order valence-electron chi connectivity index (χ0n) is 11.8. The number of aromatic amines is 1. The summed E-state index contributed by atoms with van der Waals surface area (Å²) in [6.45, 7) is 3.08. The van der Waals surface area contributed by atoms with E-state index in [4.69, 9.17) is 4.74 Å². The van der Waals surface area contributed by atoms with Gasteiger partial charge in [-0.3, -0.25) is 14.9 Å². The molecule has 0 bridgehead atoms. The maximum Gasteiger partial charge on any atom is 0.287 e. The van der Waals surface area contributed by atoms with E-state index in [1.165, 1.54) is 12.3 Å². The second kappa shape index (κ2) is 7.75. The molecule has 1 aromatic heterocycles. The number of rotatable bonds is 7. The van der Waals surface area contributed by atoms with Gasteiger partial charge in [-0.1, -0.05) is 0 Å². The Hall–Kier alpha value is -1.93. The van der Waals surface area contributed by atoms with Gasteiger partial charge in [-0.25, -0.2) is 0 Å². The van der Waals surface area contributed by atoms with Gasteiger partial charge in [-0.15, -0.1) is 0 Å². The Labute approximate surface area is 122 Å². The third-order valence-electron chi connectivity index (χ3n) is 3.37. The Morgan fingerprint density at radius 1 is 1.48 bits per heavy atom. The first kappa shape index (κ1) is 15.5. The highest BCUT2D eigenvalue weighted by Gasteiger charge is 2.14. The van der Waals surface area contributed by atoms with Crippen molar-refractivity contribution in [3.05, 3.63) is 28.1 Å². The number of amides is 1. The van der Waals surface area contributed by atoms with Gasteiger partial charge in [0.2, 0.25) is 0 Å². The normalized spacial score (nSPS) is 15.8. The zero-order valence-corrected chi connectivity index (χ0v) is 11.8. The maximum absolute atomic E-state index is 11.7. The van der Waals surface area contributed by atoms with Crippen LogP contribution in [0.5, 0.6) is 0 Å². The van der Waals surface area contributed by atoms with E-state index in [0.717, 1.165) is 32.4 Å². The van der Waals surface area contributed by atoms with Gasteiger partial charge in [-0.2, -0.15) is 0 Å². The van der Waals surface area contributed by atoms with E-state index >= 15 is 0 Å². The van der Waals surface area contributed by atoms with Crippen molar-refractivity contribution in [1.82, 2.24) is 15.6 Å². The number of nitro groups is 1. The summed E-state index contributed by atoms with van der Waals surface area (Å²) in [5.74, 6) is -0.343. The third kappa shape index (κ3) is 4.83. The summed E-state index contributed by atoms with van der Waals surface area (Å²) >= 11 is 0. The first-order valence-corrected chi connectivity index (χ1v) is 7.10. The standard InChI is InChI=1S/C13H20N4O4/c18-13(12-8-10(9-16-12)17(19)20)15-4-1-7-21-11-2-5-14-6-3-11/h8-9,11,14,16H,1-7H2,(H,15,18). The molecule has 0 saturated carbocycles. The van der Waals surface area contributed by atoms with Gasteiger partial charge in [0.05, 0.1) is 17.2 Å². The highest BCUT2D eigenvalue weighted by Crippen LogP contribution is 2.11. The molecule has 3 N–H and O–H groups in total. The molecule has 0 aliphatic carbocycles. The van der Waals surface area contributed by atoms with Crippen molar-refractivity contribution >= 4 is 11.6 Å². The van der Waals surface area contributed by atoms with E-state index < -0.39 is 4.92 Å². The lowest BCUT2D eigenvalue weighted by atomic mass is 10.1. The van der Waals surface area contributed by atoms with Crippen LogP contribution in [-0.4, -0.2) is 48.2 Å². The number of aromatic nitrogens is 1. The van der Waals surface area contributed by atoms with Crippen LogP contribution in [0.15, 0.2) is 12.3 Å². The lowest BCUT2D eigenvalue weighted by molar-refractivity contribution is -0.384. The lowest BCUT2D eigenvalue weighted by Gasteiger charge is -2.22. The molecule has 1 aliphatic rings. The SMILES string of the molecule is O=C(NCCCOC1CCNCC1)c1cc([N+](=O)[O-])c[nH]1. The summed E-state index contributed by atoms with van der Waals surface area (Å²) in [7, 11) is 0. The monoisotopic (exact) mass is 296 g/mol. The van der Waals surface area contributed by atoms with Gasteiger partial charge in [0.25, 0.3) is 11.6 Å². The summed E-state index contributed by atoms with van der Waals surface area (Å²) in [5.41, 5.74) is 0.0790. The van der Waals surface area contributed by atoms with E-state index in [0.29, 0.717) is 19.3 Å². The number of carbonyl (C=O) groups excluding carboxylic acids is 1. The second-order valence-corrected chi connectivity index (χ2v) is 4.96. The molecule has 1 aliphatic heterocycles. The number of carbonyl (C=O) groups is 1. The van der Waals surface area contributed by atoms with Crippen LogP contribution in [0.25, 0.3) is 0 Å². The second-order valence-electron chi connectivity index (χ2n) is 4.96. The molecule has 8 nitrogen and oxygen atoms in total. The van der Waals surface area contributed by atoms with Gasteiger partial charge in [0.1, 0.15) is 5.69 Å². The molecule has 2 heterocycles. The first-order valence-electron chi connectivity index (χ1n) is 7.10. The van der Waals surface area contributed by atoms with Crippen LogP contribution in [0, 0.1) is 10.1 Å². The number of piperidine rings is 1. The fraction of sp³-hybridized carbons (Fsp3) is 0.615. The molecular weight excluding hydrogens is 276 g/mol. The smallest absolute Gasteiger partial charge is 0.287 e. The quantitative estimate of drug-likeness (QED) is 0.392. The summed E-state index contributed by atoms with van der Waals surface area (Å²) in [6, 6.07) is 1.22. The van der Waals surface area contributed by atoms with Crippen LogP contribution in [0.2, 0.25) is 0 Å². The first-order chi connectivity index (χ1) is 10.2. The van der Waals surface area contributed by atoms with E-state index in [1.54, 1.807) is 0 Å². The third-order valence-corrected chi connectivity index (χ3v) is 3.37. The number of ether oxygens (including phenoxy) is 1. The van der Waals surface area contributed by atoms with Crippen LogP contribution in [0.4, 0.5) is 5.69 Å². The molecular formula is C13H20N4O4. The van der Waals surface area contributed by atoms with Crippen LogP contribution in [-0.2, 0) is 4.74 Å². The Bertz CT molecular complexity index is 482. The molecule has 2 rings (SSSR count). The number of H-pyrrole nitrogens is 1. The van der Waals surface area contributed by atoms with Crippen molar-refractivity contribution in [2.24, 2.45) is 0 Å². The van der Waals surface area contributed by atoms with Crippen molar-refractivity contribution in [3.63, 3.8) is 0 Å². The fourth-order valence-corrected chi connectivity index (χ4v) is 2.20. The molecule has 116 valence electrons. The van der Waals surface area contributed by atoms with Gasteiger partial charge in [-0.05, 0) is 32.4 Å². The maximum atomic E-state index is 11.7. The summed E-state index contributed by atoms with van der Waals surface area (Å²) < 4.78 is 5.72. The van der Waals surface area contributed by atoms with Crippen molar-refractivity contribution in [1.29, 1.82) is 0 Å². The number of hydrogen-bond donors (Lipinski definition) is 3. The summed E-state index contributed by atoms with van der Waals surface area (Å²) in [5, 5.41) is 16.5. The predicted molar refractivity (Wildman–Crippen MR) is 76.2 cm³/mol. The molecule has 1 saturated heterocycles. The highest BCUT2D eigenvalue weighted by atomic mass is 16.6. The van der Waals surface area contributed by atoms with E-state index in [-0.39, 0.29) is 17.3 Å². The van der Waals surface area contributed by atoms with Crippen molar-refractivity contribution in [3.8, 4) is 0 Å². The average Bonchev–Trinajstić information content (AvgIpc) is 2.98. The summed E-state index contributed by atoms with van der Waals surface area (Å²) in [6.07, 6.45) is 4.29. The molecule has 0 unspecified atom stereocenters. The minimum atomic E-state index is -0.542. The number of nitrogens with one attached hydrogen (secondary N) is 3. The minimum absolute atomic E-state index is 0.116. The largest absolute Gasteiger partial charge is 0.378 e. The van der Waals surface area contributed by atoms with Crippen LogP contribution in [0.3, 0.4) is 0 Å². The molecule has 1 amide bonds. The zero-order chi connectivity index (χ0) is 15.1. The Morgan fingerprint density at radius 3 is 2.90 bits per heavy atom. The van der Waals surface area contributed by atoms with E-state index in [1.807, 2.05) is 0 Å². The van der Waals surface area contributed by atoms with Gasteiger partial charge < -0.3 is 20.4 Å². The lowest BCUT2D eigenvalue weighted by Crippen LogP contribution is -2.33. The topological polar surface area (TPSA) is 109 Å². The molecule has 0 atom stereocenters. The van der Waals surface area contributed by atoms with E-state index in [2.05, 4.69) is 15.6 Å². The van der Waals surface area contributed by atoms with Gasteiger partial charge in [0, 0.05) is 19.2 Å². The van der Waals surface area contributed by atoms with Crippen LogP contribution in [0.1, 0.15) is 29.8 Å². The van der Waals surface area contributed by atoms with Crippen LogP contribution >= 0.6 is 0 Å². The number of nitrogens with zero attached hydrogens (tertiary/aromatic N) is 1. The number of hydrogen-bond acceptors (Lipinski definition) is 5. The average molecular weight is 296 g/mol. The predicted octanol–water partition coefficient (Wildman–Crippen LogP) is 0.811.